The summed E-state index contributed by atoms with van der Waals surface area (Å²) in [5, 5.41) is 0.887. The van der Waals surface area contributed by atoms with Crippen molar-refractivity contribution in [1.82, 2.24) is 4.98 Å². The van der Waals surface area contributed by atoms with Gasteiger partial charge in [0.2, 0.25) is 0 Å². The molecule has 0 atom stereocenters. The molecule has 0 aliphatic carbocycles. The van der Waals surface area contributed by atoms with E-state index in [4.69, 9.17) is 4.74 Å². The first-order chi connectivity index (χ1) is 10.6. The molecule has 0 saturated heterocycles. The zero-order valence-electron chi connectivity index (χ0n) is 11.6. The smallest absolute Gasteiger partial charge is 0.343 e. The second-order valence-corrected chi connectivity index (χ2v) is 6.54. The van der Waals surface area contributed by atoms with E-state index in [1.54, 1.807) is 18.3 Å². The quantitative estimate of drug-likeness (QED) is 0.417. The molecule has 0 saturated carbocycles. The lowest BCUT2D eigenvalue weighted by Gasteiger charge is -2.11. The second-order valence-electron chi connectivity index (χ2n) is 4.83. The molecule has 1 aromatic heterocycles. The van der Waals surface area contributed by atoms with Crippen LogP contribution in [0.4, 0.5) is 0 Å². The van der Waals surface area contributed by atoms with Crippen LogP contribution in [0.15, 0.2) is 57.6 Å². The second kappa shape index (κ2) is 6.18. The van der Waals surface area contributed by atoms with Gasteiger partial charge in [-0.15, -0.1) is 0 Å². The van der Waals surface area contributed by atoms with E-state index in [1.807, 2.05) is 37.3 Å². The van der Waals surface area contributed by atoms with E-state index in [2.05, 4.69) is 36.8 Å². The van der Waals surface area contributed by atoms with Gasteiger partial charge in [-0.1, -0.05) is 39.7 Å². The summed E-state index contributed by atoms with van der Waals surface area (Å²) in [5.74, 6) is 0.0176. The van der Waals surface area contributed by atoms with Gasteiger partial charge in [0.15, 0.2) is 5.75 Å². The summed E-state index contributed by atoms with van der Waals surface area (Å²) < 4.78 is 7.14. The minimum Gasteiger partial charge on any atom is -0.419 e. The third-order valence-corrected chi connectivity index (χ3v) is 4.44. The molecule has 0 radical (unpaired) electrons. The van der Waals surface area contributed by atoms with Crippen molar-refractivity contribution in [2.24, 2.45) is 0 Å². The summed E-state index contributed by atoms with van der Waals surface area (Å²) in [6.07, 6.45) is 1.67. The van der Waals surface area contributed by atoms with Crippen LogP contribution in [0.1, 0.15) is 15.9 Å². The number of esters is 1. The average molecular weight is 421 g/mol. The normalized spacial score (nSPS) is 10.7. The van der Waals surface area contributed by atoms with Crippen molar-refractivity contribution in [3.63, 3.8) is 0 Å². The lowest BCUT2D eigenvalue weighted by atomic mass is 10.1. The van der Waals surface area contributed by atoms with E-state index in [9.17, 15) is 4.79 Å². The molecule has 0 bridgehead atoms. The third-order valence-electron chi connectivity index (χ3n) is 3.20. The maximum Gasteiger partial charge on any atom is 0.343 e. The van der Waals surface area contributed by atoms with Crippen LogP contribution in [0.3, 0.4) is 0 Å². The molecule has 0 spiro atoms. The highest BCUT2D eigenvalue weighted by Gasteiger charge is 2.16. The van der Waals surface area contributed by atoms with Crippen molar-refractivity contribution in [3.05, 3.63) is 68.7 Å². The van der Waals surface area contributed by atoms with Crippen LogP contribution >= 0.6 is 31.9 Å². The number of fused-ring (bicyclic) bond motifs is 1. The first-order valence-electron chi connectivity index (χ1n) is 6.58. The number of benzene rings is 2. The molecule has 0 fully saturated rings. The van der Waals surface area contributed by atoms with Gasteiger partial charge in [-0.25, -0.2) is 4.79 Å². The van der Waals surface area contributed by atoms with Crippen LogP contribution in [0, 0.1) is 6.92 Å². The predicted molar refractivity (Wildman–Crippen MR) is 93.3 cm³/mol. The molecule has 2 aromatic carbocycles. The summed E-state index contributed by atoms with van der Waals surface area (Å²) in [7, 11) is 0. The zero-order chi connectivity index (χ0) is 15.7. The van der Waals surface area contributed by atoms with Gasteiger partial charge >= 0.3 is 5.97 Å². The van der Waals surface area contributed by atoms with Gasteiger partial charge in [0, 0.05) is 16.1 Å². The van der Waals surface area contributed by atoms with Gasteiger partial charge in [0.05, 0.1) is 10.0 Å². The monoisotopic (exact) mass is 419 g/mol. The van der Waals surface area contributed by atoms with Gasteiger partial charge in [-0.3, -0.25) is 4.98 Å². The molecule has 22 heavy (non-hydrogen) atoms. The van der Waals surface area contributed by atoms with E-state index in [0.29, 0.717) is 21.3 Å². The molecular weight excluding hydrogens is 410 g/mol. The topological polar surface area (TPSA) is 39.2 Å². The minimum atomic E-state index is -0.404. The highest BCUT2D eigenvalue weighted by atomic mass is 79.9. The van der Waals surface area contributed by atoms with E-state index >= 15 is 0 Å². The van der Waals surface area contributed by atoms with Gasteiger partial charge in [0.25, 0.3) is 0 Å². The minimum absolute atomic E-state index is 0.404. The van der Waals surface area contributed by atoms with Crippen molar-refractivity contribution < 1.29 is 9.53 Å². The summed E-state index contributed by atoms with van der Waals surface area (Å²) in [6.45, 7) is 1.93. The van der Waals surface area contributed by atoms with Crippen molar-refractivity contribution in [3.8, 4) is 5.75 Å². The molecule has 3 aromatic rings. The number of hydrogen-bond donors (Lipinski definition) is 0. The highest BCUT2D eigenvalue weighted by Crippen LogP contribution is 2.37. The molecule has 0 aliphatic heterocycles. The summed E-state index contributed by atoms with van der Waals surface area (Å²) in [4.78, 5) is 16.7. The molecule has 1 heterocycles. The molecular formula is C17H11Br2NO2. The van der Waals surface area contributed by atoms with Gasteiger partial charge in [-0.2, -0.15) is 0 Å². The number of aryl methyl sites for hydroxylation is 1. The Bertz CT molecular complexity index is 878. The Morgan fingerprint density at radius 1 is 1.09 bits per heavy atom. The zero-order valence-corrected chi connectivity index (χ0v) is 14.8. The van der Waals surface area contributed by atoms with Crippen LogP contribution in [-0.2, 0) is 0 Å². The number of pyridine rings is 1. The first-order valence-corrected chi connectivity index (χ1v) is 8.16. The summed E-state index contributed by atoms with van der Waals surface area (Å²) in [5.41, 5.74) is 2.15. The maximum absolute atomic E-state index is 12.4. The molecule has 3 rings (SSSR count). The number of carbonyl (C=O) groups excluding carboxylic acids is 1. The Morgan fingerprint density at radius 2 is 1.91 bits per heavy atom. The van der Waals surface area contributed by atoms with Crippen LogP contribution < -0.4 is 4.74 Å². The average Bonchev–Trinajstić information content (AvgIpc) is 2.51. The Labute approximate surface area is 144 Å². The molecule has 0 unspecified atom stereocenters. The van der Waals surface area contributed by atoms with Gasteiger partial charge in [-0.05, 0) is 47.1 Å². The van der Waals surface area contributed by atoms with Crippen molar-refractivity contribution >= 4 is 48.7 Å². The van der Waals surface area contributed by atoms with E-state index < -0.39 is 5.97 Å². The highest BCUT2D eigenvalue weighted by molar-refractivity contribution is 9.11. The molecule has 0 aliphatic rings. The van der Waals surface area contributed by atoms with Crippen LogP contribution in [0.25, 0.3) is 10.9 Å². The Kier molecular flexibility index (Phi) is 4.27. The molecule has 110 valence electrons. The molecule has 0 N–H and O–H groups in total. The van der Waals surface area contributed by atoms with Gasteiger partial charge < -0.3 is 4.74 Å². The number of aromatic nitrogens is 1. The van der Waals surface area contributed by atoms with Crippen molar-refractivity contribution in [2.75, 3.05) is 0 Å². The molecule has 3 nitrogen and oxygen atoms in total. The number of halogens is 2. The summed E-state index contributed by atoms with van der Waals surface area (Å²) >= 11 is 6.93. The van der Waals surface area contributed by atoms with E-state index in [0.717, 1.165) is 15.4 Å². The fourth-order valence-corrected chi connectivity index (χ4v) is 3.52. The Balaban J connectivity index is 2.06. The number of carbonyl (C=O) groups is 1. The number of rotatable bonds is 2. The van der Waals surface area contributed by atoms with Crippen LogP contribution in [0.2, 0.25) is 0 Å². The van der Waals surface area contributed by atoms with Crippen LogP contribution in [-0.4, -0.2) is 11.0 Å². The van der Waals surface area contributed by atoms with Crippen molar-refractivity contribution in [2.45, 2.75) is 6.92 Å². The van der Waals surface area contributed by atoms with E-state index in [-0.39, 0.29) is 0 Å². The molecule has 5 heteroatoms. The molecule has 0 amide bonds. The lowest BCUT2D eigenvalue weighted by molar-refractivity contribution is 0.0735. The predicted octanol–water partition coefficient (Wildman–Crippen LogP) is 5.29. The first kappa shape index (κ1) is 15.2. The SMILES string of the molecule is Cc1cccc(C(=O)Oc2c(Br)cc(Br)c3cccnc23)c1. The lowest BCUT2D eigenvalue weighted by Crippen LogP contribution is -2.09. The fourth-order valence-electron chi connectivity index (χ4n) is 2.17. The maximum atomic E-state index is 12.4. The van der Waals surface area contributed by atoms with E-state index in [1.165, 1.54) is 0 Å². The van der Waals surface area contributed by atoms with Crippen LogP contribution in [0.5, 0.6) is 5.75 Å². The standard InChI is InChI=1S/C17H11Br2NO2/c1-10-4-2-5-11(8-10)17(21)22-16-14(19)9-13(18)12-6-3-7-20-15(12)16/h2-9H,1H3. The van der Waals surface area contributed by atoms with Crippen molar-refractivity contribution in [1.29, 1.82) is 0 Å². The summed E-state index contributed by atoms with van der Waals surface area (Å²) in [6, 6.07) is 12.9. The Morgan fingerprint density at radius 3 is 2.68 bits per heavy atom. The number of hydrogen-bond acceptors (Lipinski definition) is 3. The number of nitrogens with zero attached hydrogens (tertiary/aromatic N) is 1. The fraction of sp³-hybridized carbons (Fsp3) is 0.0588. The third kappa shape index (κ3) is 2.91. The Hall–Kier alpha value is -1.72. The largest absolute Gasteiger partial charge is 0.419 e. The number of ether oxygens (including phenoxy) is 1. The van der Waals surface area contributed by atoms with Gasteiger partial charge in [0.1, 0.15) is 5.52 Å².